The van der Waals surface area contributed by atoms with Gasteiger partial charge in [0.25, 0.3) is 0 Å². The minimum atomic E-state index is -0.938. The number of hydrogen-bond donors (Lipinski definition) is 2. The second-order valence-electron chi connectivity index (χ2n) is 5.79. The van der Waals surface area contributed by atoms with E-state index < -0.39 is 5.97 Å². The smallest absolute Gasteiger partial charge is 0.335 e. The van der Waals surface area contributed by atoms with Crippen molar-refractivity contribution in [3.8, 4) is 0 Å². The van der Waals surface area contributed by atoms with Gasteiger partial charge in [-0.2, -0.15) is 0 Å². The third-order valence-electron chi connectivity index (χ3n) is 3.88. The van der Waals surface area contributed by atoms with E-state index in [1.54, 1.807) is 18.2 Å². The average molecular weight is 313 g/mol. The van der Waals surface area contributed by atoms with Crippen LogP contribution in [0.3, 0.4) is 0 Å². The molecule has 0 fully saturated rings. The van der Waals surface area contributed by atoms with E-state index in [0.29, 0.717) is 6.42 Å². The van der Waals surface area contributed by atoms with Gasteiger partial charge >= 0.3 is 5.97 Å². The van der Waals surface area contributed by atoms with Crippen LogP contribution in [-0.2, 0) is 4.79 Å². The molecule has 4 heteroatoms. The molecule has 0 bridgehead atoms. The highest BCUT2D eigenvalue weighted by Gasteiger charge is 2.06. The van der Waals surface area contributed by atoms with Crippen molar-refractivity contribution in [2.24, 2.45) is 0 Å². The molecular formula is C19H23NO3. The Morgan fingerprint density at radius 3 is 2.39 bits per heavy atom. The number of rotatable bonds is 8. The van der Waals surface area contributed by atoms with Crippen molar-refractivity contribution >= 4 is 28.3 Å². The van der Waals surface area contributed by atoms with Gasteiger partial charge in [0.15, 0.2) is 0 Å². The minimum absolute atomic E-state index is 0.0306. The lowest BCUT2D eigenvalue weighted by Crippen LogP contribution is -2.10. The molecule has 0 unspecified atom stereocenters. The van der Waals surface area contributed by atoms with Gasteiger partial charge in [-0.25, -0.2) is 4.79 Å². The van der Waals surface area contributed by atoms with E-state index in [0.717, 1.165) is 29.3 Å². The molecule has 0 saturated carbocycles. The summed E-state index contributed by atoms with van der Waals surface area (Å²) in [5.41, 5.74) is 1.01. The van der Waals surface area contributed by atoms with Crippen LogP contribution in [0.25, 0.3) is 10.8 Å². The first-order valence-electron chi connectivity index (χ1n) is 8.17. The molecule has 1 amide bonds. The molecule has 122 valence electrons. The summed E-state index contributed by atoms with van der Waals surface area (Å²) in [7, 11) is 0. The predicted molar refractivity (Wildman–Crippen MR) is 92.9 cm³/mol. The number of amides is 1. The highest BCUT2D eigenvalue weighted by molar-refractivity contribution is 5.97. The molecule has 2 aromatic rings. The van der Waals surface area contributed by atoms with Gasteiger partial charge in [0.2, 0.25) is 5.91 Å². The Bertz CT molecular complexity index is 694. The summed E-state index contributed by atoms with van der Waals surface area (Å²) >= 11 is 0. The number of carboxylic acids is 1. The Kier molecular flexibility index (Phi) is 6.15. The lowest BCUT2D eigenvalue weighted by Gasteiger charge is -2.07. The number of unbranched alkanes of at least 4 members (excludes halogenated alkanes) is 4. The summed E-state index contributed by atoms with van der Waals surface area (Å²) in [5, 5.41) is 13.7. The third-order valence-corrected chi connectivity index (χ3v) is 3.88. The highest BCUT2D eigenvalue weighted by Crippen LogP contribution is 2.21. The lowest BCUT2D eigenvalue weighted by atomic mass is 10.1. The van der Waals surface area contributed by atoms with E-state index in [1.807, 2.05) is 18.2 Å². The van der Waals surface area contributed by atoms with Gasteiger partial charge in [0.05, 0.1) is 5.56 Å². The van der Waals surface area contributed by atoms with E-state index in [-0.39, 0.29) is 11.5 Å². The predicted octanol–water partition coefficient (Wildman–Crippen LogP) is 4.84. The van der Waals surface area contributed by atoms with E-state index >= 15 is 0 Å². The summed E-state index contributed by atoms with van der Waals surface area (Å²) in [5.74, 6) is -0.907. The fourth-order valence-electron chi connectivity index (χ4n) is 2.57. The number of anilines is 1. The fourth-order valence-corrected chi connectivity index (χ4v) is 2.57. The number of carbonyl (C=O) groups is 2. The van der Waals surface area contributed by atoms with Crippen molar-refractivity contribution in [3.63, 3.8) is 0 Å². The SMILES string of the molecule is CCCCCCCC(=O)Nc1ccc2cc(C(=O)O)ccc2c1. The normalized spacial score (nSPS) is 10.7. The van der Waals surface area contributed by atoms with Crippen molar-refractivity contribution in [2.45, 2.75) is 45.4 Å². The Morgan fingerprint density at radius 1 is 0.957 bits per heavy atom. The zero-order valence-corrected chi connectivity index (χ0v) is 13.5. The van der Waals surface area contributed by atoms with Crippen LogP contribution in [0.15, 0.2) is 36.4 Å². The van der Waals surface area contributed by atoms with Crippen LogP contribution in [0.1, 0.15) is 55.8 Å². The van der Waals surface area contributed by atoms with Crippen molar-refractivity contribution < 1.29 is 14.7 Å². The highest BCUT2D eigenvalue weighted by atomic mass is 16.4. The van der Waals surface area contributed by atoms with Gasteiger partial charge in [-0.3, -0.25) is 4.79 Å². The van der Waals surface area contributed by atoms with Crippen LogP contribution in [0.2, 0.25) is 0 Å². The maximum atomic E-state index is 11.9. The number of aromatic carboxylic acids is 1. The molecule has 0 aliphatic carbocycles. The molecule has 0 aromatic heterocycles. The fraction of sp³-hybridized carbons (Fsp3) is 0.368. The summed E-state index contributed by atoms with van der Waals surface area (Å²) < 4.78 is 0. The number of carbonyl (C=O) groups excluding carboxylic acids is 1. The van der Waals surface area contributed by atoms with Gasteiger partial charge in [0, 0.05) is 12.1 Å². The summed E-state index contributed by atoms with van der Waals surface area (Å²) in [6.07, 6.45) is 6.17. The quantitative estimate of drug-likeness (QED) is 0.685. The molecule has 0 spiro atoms. The molecule has 4 nitrogen and oxygen atoms in total. The van der Waals surface area contributed by atoms with Gasteiger partial charge < -0.3 is 10.4 Å². The number of nitrogens with one attached hydrogen (secondary N) is 1. The molecule has 0 radical (unpaired) electrons. The number of fused-ring (bicyclic) bond motifs is 1. The molecular weight excluding hydrogens is 290 g/mol. The van der Waals surface area contributed by atoms with Crippen LogP contribution in [0.5, 0.6) is 0 Å². The van der Waals surface area contributed by atoms with Crippen LogP contribution in [-0.4, -0.2) is 17.0 Å². The Morgan fingerprint density at radius 2 is 1.65 bits per heavy atom. The Labute approximate surface area is 136 Å². The maximum Gasteiger partial charge on any atom is 0.335 e. The Hall–Kier alpha value is -2.36. The van der Waals surface area contributed by atoms with Crippen LogP contribution in [0, 0.1) is 0 Å². The van der Waals surface area contributed by atoms with Crippen molar-refractivity contribution in [1.82, 2.24) is 0 Å². The molecule has 0 aliphatic rings. The lowest BCUT2D eigenvalue weighted by molar-refractivity contribution is -0.116. The monoisotopic (exact) mass is 313 g/mol. The van der Waals surface area contributed by atoms with Gasteiger partial charge in [0.1, 0.15) is 0 Å². The van der Waals surface area contributed by atoms with E-state index in [1.165, 1.54) is 19.3 Å². The zero-order valence-electron chi connectivity index (χ0n) is 13.5. The summed E-state index contributed by atoms with van der Waals surface area (Å²) in [6, 6.07) is 10.5. The van der Waals surface area contributed by atoms with Crippen LogP contribution in [0.4, 0.5) is 5.69 Å². The van der Waals surface area contributed by atoms with E-state index in [9.17, 15) is 9.59 Å². The number of carboxylic acid groups (broad SMARTS) is 1. The molecule has 23 heavy (non-hydrogen) atoms. The maximum absolute atomic E-state index is 11.9. The van der Waals surface area contributed by atoms with Crippen molar-refractivity contribution in [3.05, 3.63) is 42.0 Å². The topological polar surface area (TPSA) is 66.4 Å². The van der Waals surface area contributed by atoms with Gasteiger partial charge in [-0.1, -0.05) is 44.7 Å². The molecule has 2 N–H and O–H groups in total. The second-order valence-corrected chi connectivity index (χ2v) is 5.79. The van der Waals surface area contributed by atoms with Crippen molar-refractivity contribution in [1.29, 1.82) is 0 Å². The molecule has 2 aromatic carbocycles. The van der Waals surface area contributed by atoms with Crippen LogP contribution < -0.4 is 5.32 Å². The first-order valence-corrected chi connectivity index (χ1v) is 8.17. The van der Waals surface area contributed by atoms with Gasteiger partial charge in [-0.15, -0.1) is 0 Å². The number of hydrogen-bond acceptors (Lipinski definition) is 2. The second kappa shape index (κ2) is 8.32. The number of benzene rings is 2. The molecule has 0 saturated heterocycles. The van der Waals surface area contributed by atoms with Crippen LogP contribution >= 0.6 is 0 Å². The first kappa shape index (κ1) is 17.0. The Balaban J connectivity index is 1.94. The standard InChI is InChI=1S/C19H23NO3/c1-2-3-4-5-6-7-18(21)20-17-11-10-14-12-16(19(22)23)9-8-15(14)13-17/h8-13H,2-7H2,1H3,(H,20,21)(H,22,23). The van der Waals surface area contributed by atoms with Gasteiger partial charge in [-0.05, 0) is 41.5 Å². The first-order chi connectivity index (χ1) is 11.1. The third kappa shape index (κ3) is 5.09. The summed E-state index contributed by atoms with van der Waals surface area (Å²) in [4.78, 5) is 22.9. The summed E-state index contributed by atoms with van der Waals surface area (Å²) in [6.45, 7) is 2.17. The zero-order chi connectivity index (χ0) is 16.7. The molecule has 0 atom stereocenters. The molecule has 2 rings (SSSR count). The average Bonchev–Trinajstić information content (AvgIpc) is 2.54. The van der Waals surface area contributed by atoms with Crippen molar-refractivity contribution in [2.75, 3.05) is 5.32 Å². The molecule has 0 heterocycles. The molecule has 0 aliphatic heterocycles. The largest absolute Gasteiger partial charge is 0.478 e. The van der Waals surface area contributed by atoms with E-state index in [4.69, 9.17) is 5.11 Å². The minimum Gasteiger partial charge on any atom is -0.478 e. The van der Waals surface area contributed by atoms with E-state index in [2.05, 4.69) is 12.2 Å².